The maximum absolute atomic E-state index is 10.9. The van der Waals surface area contributed by atoms with Crippen LogP contribution in [0.4, 0.5) is 11.4 Å². The number of rotatable bonds is 5. The summed E-state index contributed by atoms with van der Waals surface area (Å²) < 4.78 is 5.65. The average Bonchev–Trinajstić information content (AvgIpc) is 2.25. The van der Waals surface area contributed by atoms with Crippen LogP contribution in [-0.2, 0) is 0 Å². The fraction of sp³-hybridized carbons (Fsp3) is 0.200. The molecule has 0 radical (unpaired) electrons. The van der Waals surface area contributed by atoms with Gasteiger partial charge >= 0.3 is 5.69 Å². The molecule has 0 aromatic heterocycles. The van der Waals surface area contributed by atoms with Crippen molar-refractivity contribution in [2.24, 2.45) is 0 Å². The lowest BCUT2D eigenvalue weighted by atomic mass is 10.2. The van der Waals surface area contributed by atoms with Gasteiger partial charge in [-0.2, -0.15) is 0 Å². The van der Waals surface area contributed by atoms with Crippen LogP contribution in [0, 0.1) is 10.1 Å². The Morgan fingerprint density at radius 2 is 2.38 bits per heavy atom. The van der Waals surface area contributed by atoms with Crippen molar-refractivity contribution >= 4 is 27.3 Å². The number of para-hydroxylation sites is 1. The van der Waals surface area contributed by atoms with Gasteiger partial charge in [-0.1, -0.05) is 28.6 Å². The van der Waals surface area contributed by atoms with Gasteiger partial charge in [0.15, 0.2) is 5.75 Å². The smallest absolute Gasteiger partial charge is 0.333 e. The summed E-state index contributed by atoms with van der Waals surface area (Å²) in [5, 5.41) is 13.8. The third-order valence-electron chi connectivity index (χ3n) is 1.87. The predicted octanol–water partition coefficient (Wildman–Crippen LogP) is 2.92. The van der Waals surface area contributed by atoms with Crippen molar-refractivity contribution in [3.8, 4) is 5.75 Å². The van der Waals surface area contributed by atoms with Gasteiger partial charge in [0.05, 0.1) is 12.0 Å². The van der Waals surface area contributed by atoms with Crippen molar-refractivity contribution in [1.29, 1.82) is 0 Å². The summed E-state index contributed by atoms with van der Waals surface area (Å²) in [6, 6.07) is 4.86. The molecule has 0 saturated carbocycles. The highest BCUT2D eigenvalue weighted by molar-refractivity contribution is 9.11. The Bertz CT molecular complexity index is 421. The van der Waals surface area contributed by atoms with Crippen molar-refractivity contribution < 1.29 is 9.66 Å². The second-order valence-electron chi connectivity index (χ2n) is 2.98. The summed E-state index contributed by atoms with van der Waals surface area (Å²) in [4.78, 5) is 10.4. The normalized spacial score (nSPS) is 9.62. The van der Waals surface area contributed by atoms with Gasteiger partial charge < -0.3 is 10.1 Å². The molecule has 0 saturated heterocycles. The lowest BCUT2D eigenvalue weighted by Gasteiger charge is -2.08. The van der Waals surface area contributed by atoms with Crippen molar-refractivity contribution in [2.45, 2.75) is 0 Å². The Morgan fingerprint density at radius 3 is 2.88 bits per heavy atom. The van der Waals surface area contributed by atoms with Crippen LogP contribution in [0.25, 0.3) is 0 Å². The van der Waals surface area contributed by atoms with Crippen LogP contribution in [-0.4, -0.2) is 18.6 Å². The molecule has 1 rings (SSSR count). The maximum Gasteiger partial charge on any atom is 0.333 e. The van der Waals surface area contributed by atoms with Crippen LogP contribution in [0.2, 0.25) is 0 Å². The summed E-state index contributed by atoms with van der Waals surface area (Å²) in [7, 11) is 1.40. The Morgan fingerprint density at radius 1 is 1.69 bits per heavy atom. The van der Waals surface area contributed by atoms with Gasteiger partial charge in [0.25, 0.3) is 0 Å². The molecule has 0 unspecified atom stereocenters. The van der Waals surface area contributed by atoms with E-state index >= 15 is 0 Å². The Hall–Kier alpha value is -1.56. The molecule has 0 aliphatic rings. The second-order valence-corrected chi connectivity index (χ2v) is 4.11. The molecule has 0 amide bonds. The predicted molar refractivity (Wildman–Crippen MR) is 66.2 cm³/mol. The Balaban J connectivity index is 3.07. The van der Waals surface area contributed by atoms with E-state index in [1.165, 1.54) is 7.11 Å². The first kappa shape index (κ1) is 12.5. The molecule has 0 spiro atoms. The van der Waals surface area contributed by atoms with Crippen LogP contribution in [0.5, 0.6) is 5.75 Å². The molecule has 1 aromatic rings. The summed E-state index contributed by atoms with van der Waals surface area (Å²) in [5.41, 5.74) is 0.337. The van der Waals surface area contributed by atoms with E-state index in [-0.39, 0.29) is 11.4 Å². The van der Waals surface area contributed by atoms with Gasteiger partial charge in [-0.3, -0.25) is 10.1 Å². The van der Waals surface area contributed by atoms with Crippen molar-refractivity contribution in [3.05, 3.63) is 39.4 Å². The number of hydrogen-bond acceptors (Lipinski definition) is 4. The number of anilines is 1. The molecule has 5 nitrogen and oxygen atoms in total. The quantitative estimate of drug-likeness (QED) is 0.668. The highest BCUT2D eigenvalue weighted by Gasteiger charge is 2.19. The highest BCUT2D eigenvalue weighted by Crippen LogP contribution is 2.34. The standard InChI is InChI=1S/C10H11BrN2O3/c1-7(11)6-12-8-4-3-5-9(16-2)10(8)13(14)15/h3-5,12H,1,6H2,2H3. The number of nitrogens with zero attached hydrogens (tertiary/aromatic N) is 1. The number of nitrogens with one attached hydrogen (secondary N) is 1. The number of methoxy groups -OCH3 is 1. The van der Waals surface area contributed by atoms with Crippen LogP contribution in [0.15, 0.2) is 29.3 Å². The minimum absolute atomic E-state index is 0.0706. The number of ether oxygens (including phenoxy) is 1. The lowest BCUT2D eigenvalue weighted by Crippen LogP contribution is -2.04. The second kappa shape index (κ2) is 5.50. The van der Waals surface area contributed by atoms with Gasteiger partial charge in [-0.15, -0.1) is 0 Å². The molecule has 1 aromatic carbocycles. The fourth-order valence-electron chi connectivity index (χ4n) is 1.21. The van der Waals surface area contributed by atoms with Crippen molar-refractivity contribution in [1.82, 2.24) is 0 Å². The van der Waals surface area contributed by atoms with E-state index in [2.05, 4.69) is 27.8 Å². The van der Waals surface area contributed by atoms with Gasteiger partial charge in [-0.05, 0) is 12.1 Å². The topological polar surface area (TPSA) is 64.4 Å². The number of hydrogen-bond donors (Lipinski definition) is 1. The zero-order valence-electron chi connectivity index (χ0n) is 8.70. The number of nitro benzene ring substituents is 1. The van der Waals surface area contributed by atoms with Gasteiger partial charge in [0, 0.05) is 11.0 Å². The zero-order valence-corrected chi connectivity index (χ0v) is 10.3. The summed E-state index contributed by atoms with van der Waals surface area (Å²) in [6.45, 7) is 4.05. The minimum atomic E-state index is -0.474. The first-order valence-electron chi connectivity index (χ1n) is 4.44. The highest BCUT2D eigenvalue weighted by atomic mass is 79.9. The van der Waals surface area contributed by atoms with Crippen LogP contribution >= 0.6 is 15.9 Å². The van der Waals surface area contributed by atoms with Gasteiger partial charge in [0.1, 0.15) is 5.69 Å². The zero-order chi connectivity index (χ0) is 12.1. The number of nitro groups is 1. The lowest BCUT2D eigenvalue weighted by molar-refractivity contribution is -0.384. The van der Waals surface area contributed by atoms with Crippen LogP contribution < -0.4 is 10.1 Å². The molecule has 6 heteroatoms. The number of benzene rings is 1. The minimum Gasteiger partial charge on any atom is -0.490 e. The monoisotopic (exact) mass is 286 g/mol. The van der Waals surface area contributed by atoms with E-state index in [9.17, 15) is 10.1 Å². The van der Waals surface area contributed by atoms with E-state index in [1.807, 2.05) is 0 Å². The molecule has 0 bridgehead atoms. The average molecular weight is 287 g/mol. The van der Waals surface area contributed by atoms with Crippen molar-refractivity contribution in [3.63, 3.8) is 0 Å². The third kappa shape index (κ3) is 2.96. The fourth-order valence-corrected chi connectivity index (χ4v) is 1.35. The Kier molecular flexibility index (Phi) is 4.30. The molecular weight excluding hydrogens is 276 g/mol. The summed E-state index contributed by atoms with van der Waals surface area (Å²) in [6.07, 6.45) is 0. The molecule has 86 valence electrons. The molecule has 0 aliphatic carbocycles. The van der Waals surface area contributed by atoms with E-state index < -0.39 is 4.92 Å². The molecule has 0 fully saturated rings. The van der Waals surface area contributed by atoms with Crippen LogP contribution in [0.1, 0.15) is 0 Å². The van der Waals surface area contributed by atoms with E-state index in [0.717, 1.165) is 0 Å². The molecule has 1 N–H and O–H groups in total. The van der Waals surface area contributed by atoms with Crippen molar-refractivity contribution in [2.75, 3.05) is 19.0 Å². The SMILES string of the molecule is C=C(Br)CNc1cccc(OC)c1[N+](=O)[O-]. The molecule has 0 atom stereocenters. The number of halogens is 1. The van der Waals surface area contributed by atoms with E-state index in [1.54, 1.807) is 18.2 Å². The Labute approximate surface area is 101 Å². The largest absolute Gasteiger partial charge is 0.490 e. The molecule has 0 heterocycles. The first-order valence-corrected chi connectivity index (χ1v) is 5.24. The summed E-state index contributed by atoms with van der Waals surface area (Å²) >= 11 is 3.17. The first-order chi connectivity index (χ1) is 7.56. The van der Waals surface area contributed by atoms with Gasteiger partial charge in [-0.25, -0.2) is 0 Å². The maximum atomic E-state index is 10.9. The van der Waals surface area contributed by atoms with Gasteiger partial charge in [0.2, 0.25) is 0 Å². The third-order valence-corrected chi connectivity index (χ3v) is 2.15. The molecular formula is C10H11BrN2O3. The summed E-state index contributed by atoms with van der Waals surface area (Å²) in [5.74, 6) is 0.232. The van der Waals surface area contributed by atoms with E-state index in [0.29, 0.717) is 16.7 Å². The molecule has 0 aliphatic heterocycles. The van der Waals surface area contributed by atoms with E-state index in [4.69, 9.17) is 4.74 Å². The molecule has 16 heavy (non-hydrogen) atoms. The van der Waals surface area contributed by atoms with Crippen LogP contribution in [0.3, 0.4) is 0 Å².